The van der Waals surface area contributed by atoms with Crippen molar-refractivity contribution in [3.05, 3.63) is 24.2 Å². The van der Waals surface area contributed by atoms with E-state index < -0.39 is 0 Å². The molecule has 2 aromatic rings. The van der Waals surface area contributed by atoms with Crippen LogP contribution in [0.5, 0.6) is 0 Å². The van der Waals surface area contributed by atoms with E-state index in [1.165, 1.54) is 23.8 Å². The number of hydrogen-bond acceptors (Lipinski definition) is 3. The van der Waals surface area contributed by atoms with Gasteiger partial charge in [0.2, 0.25) is 0 Å². The maximum absolute atomic E-state index is 4.67. The molecule has 3 heterocycles. The Labute approximate surface area is 99.3 Å². The molecule has 1 aliphatic rings. The van der Waals surface area contributed by atoms with Crippen LogP contribution in [0.2, 0.25) is 0 Å². The van der Waals surface area contributed by atoms with Gasteiger partial charge in [-0.1, -0.05) is 0 Å². The van der Waals surface area contributed by atoms with Crippen LogP contribution in [0.4, 0.5) is 0 Å². The molecule has 3 rings (SSSR count). The summed E-state index contributed by atoms with van der Waals surface area (Å²) in [6.07, 6.45) is 4.26. The number of hydrogen-bond donors (Lipinski definition) is 0. The third-order valence-electron chi connectivity index (χ3n) is 3.22. The lowest BCUT2D eigenvalue weighted by molar-refractivity contribution is 0.565. The van der Waals surface area contributed by atoms with Gasteiger partial charge in [0, 0.05) is 19.7 Å². The molecular formula is C12H15N3S. The summed E-state index contributed by atoms with van der Waals surface area (Å²) in [5.74, 6) is 4.59. The molecule has 2 aromatic heterocycles. The molecule has 0 aliphatic carbocycles. The highest BCUT2D eigenvalue weighted by molar-refractivity contribution is 7.99. The first-order chi connectivity index (χ1) is 7.84. The summed E-state index contributed by atoms with van der Waals surface area (Å²) in [6.45, 7) is 0. The number of thioether (sulfide) groups is 1. The van der Waals surface area contributed by atoms with Gasteiger partial charge < -0.3 is 4.57 Å². The Bertz CT molecular complexity index is 500. The Morgan fingerprint density at radius 2 is 2.50 bits per heavy atom. The van der Waals surface area contributed by atoms with Crippen molar-refractivity contribution in [2.24, 2.45) is 13.0 Å². The second-order valence-corrected chi connectivity index (χ2v) is 5.52. The van der Waals surface area contributed by atoms with Crippen molar-refractivity contribution in [2.45, 2.75) is 12.8 Å². The maximum Gasteiger partial charge on any atom is 0.159 e. The van der Waals surface area contributed by atoms with Crippen molar-refractivity contribution in [3.8, 4) is 0 Å². The molecule has 0 spiro atoms. The monoisotopic (exact) mass is 233 g/mol. The molecule has 0 N–H and O–H groups in total. The number of imidazole rings is 1. The minimum absolute atomic E-state index is 0.806. The fourth-order valence-electron chi connectivity index (χ4n) is 2.26. The highest BCUT2D eigenvalue weighted by Crippen LogP contribution is 2.26. The smallest absolute Gasteiger partial charge is 0.159 e. The third kappa shape index (κ3) is 1.71. The second kappa shape index (κ2) is 4.09. The predicted molar refractivity (Wildman–Crippen MR) is 67.6 cm³/mol. The number of nitrogens with zero attached hydrogens (tertiary/aromatic N) is 3. The van der Waals surface area contributed by atoms with Crippen molar-refractivity contribution in [1.82, 2.24) is 14.5 Å². The van der Waals surface area contributed by atoms with Gasteiger partial charge in [-0.15, -0.1) is 0 Å². The Hall–Kier alpha value is -1.03. The molecule has 1 saturated heterocycles. The lowest BCUT2D eigenvalue weighted by Crippen LogP contribution is -2.07. The second-order valence-electron chi connectivity index (χ2n) is 4.37. The normalized spacial score (nSPS) is 20.7. The summed E-state index contributed by atoms with van der Waals surface area (Å²) in [5.41, 5.74) is 2.02. The van der Waals surface area contributed by atoms with Gasteiger partial charge in [0.1, 0.15) is 11.3 Å². The highest BCUT2D eigenvalue weighted by Gasteiger charge is 2.19. The minimum atomic E-state index is 0.806. The molecule has 1 aliphatic heterocycles. The molecule has 1 atom stereocenters. The Morgan fingerprint density at radius 1 is 1.56 bits per heavy atom. The van der Waals surface area contributed by atoms with Crippen LogP contribution >= 0.6 is 11.8 Å². The first-order valence-electron chi connectivity index (χ1n) is 5.68. The number of fused-ring (bicyclic) bond motifs is 1. The third-order valence-corrected chi connectivity index (χ3v) is 4.45. The van der Waals surface area contributed by atoms with Gasteiger partial charge in [-0.05, 0) is 36.0 Å². The van der Waals surface area contributed by atoms with Crippen molar-refractivity contribution in [1.29, 1.82) is 0 Å². The van der Waals surface area contributed by atoms with Crippen LogP contribution in [0.3, 0.4) is 0 Å². The molecule has 0 aromatic carbocycles. The summed E-state index contributed by atoms with van der Waals surface area (Å²) in [5, 5.41) is 0. The highest BCUT2D eigenvalue weighted by atomic mass is 32.2. The van der Waals surface area contributed by atoms with E-state index in [1.807, 2.05) is 18.3 Å². The van der Waals surface area contributed by atoms with E-state index in [4.69, 9.17) is 0 Å². The quantitative estimate of drug-likeness (QED) is 0.797. The Morgan fingerprint density at radius 3 is 3.25 bits per heavy atom. The number of aryl methyl sites for hydroxylation is 1. The van der Waals surface area contributed by atoms with Crippen molar-refractivity contribution in [2.75, 3.05) is 11.5 Å². The van der Waals surface area contributed by atoms with Crippen LogP contribution in [0.1, 0.15) is 12.2 Å². The topological polar surface area (TPSA) is 30.7 Å². The van der Waals surface area contributed by atoms with Gasteiger partial charge in [0.25, 0.3) is 0 Å². The van der Waals surface area contributed by atoms with Crippen LogP contribution in [0.15, 0.2) is 18.3 Å². The van der Waals surface area contributed by atoms with Crippen LogP contribution in [-0.2, 0) is 13.5 Å². The summed E-state index contributed by atoms with van der Waals surface area (Å²) >= 11 is 2.06. The predicted octanol–water partition coefficient (Wildman–Crippen LogP) is 2.26. The lowest BCUT2D eigenvalue weighted by atomic mass is 10.1. The molecule has 0 amide bonds. The zero-order chi connectivity index (χ0) is 11.0. The van der Waals surface area contributed by atoms with Crippen molar-refractivity contribution in [3.63, 3.8) is 0 Å². The first kappa shape index (κ1) is 10.1. The standard InChI is InChI=1S/C12H15N3S/c1-15-11(7-9-4-6-16-8-9)14-10-3-2-5-13-12(10)15/h2-3,5,9H,4,6-8H2,1H3. The first-order valence-corrected chi connectivity index (χ1v) is 6.84. The van der Waals surface area contributed by atoms with E-state index >= 15 is 0 Å². The molecule has 1 fully saturated rings. The molecule has 1 unspecified atom stereocenters. The van der Waals surface area contributed by atoms with Gasteiger partial charge in [-0.2, -0.15) is 11.8 Å². The number of pyridine rings is 1. The van der Waals surface area contributed by atoms with E-state index in [2.05, 4.69) is 33.3 Å². The van der Waals surface area contributed by atoms with Crippen LogP contribution < -0.4 is 0 Å². The van der Waals surface area contributed by atoms with E-state index in [9.17, 15) is 0 Å². The summed E-state index contributed by atoms with van der Waals surface area (Å²) in [6, 6.07) is 3.99. The Balaban J connectivity index is 1.94. The molecule has 4 heteroatoms. The largest absolute Gasteiger partial charge is 0.316 e. The SMILES string of the molecule is Cn1c(CC2CCSC2)nc2cccnc21. The lowest BCUT2D eigenvalue weighted by Gasteiger charge is -2.07. The van der Waals surface area contributed by atoms with Gasteiger partial charge in [0.15, 0.2) is 5.65 Å². The minimum Gasteiger partial charge on any atom is -0.316 e. The molecule has 3 nitrogen and oxygen atoms in total. The van der Waals surface area contributed by atoms with Crippen LogP contribution in [0.25, 0.3) is 11.2 Å². The molecular weight excluding hydrogens is 218 g/mol. The molecule has 0 saturated carbocycles. The average molecular weight is 233 g/mol. The van der Waals surface area contributed by atoms with Gasteiger partial charge in [-0.25, -0.2) is 9.97 Å². The summed E-state index contributed by atoms with van der Waals surface area (Å²) in [7, 11) is 2.07. The molecule has 0 bridgehead atoms. The van der Waals surface area contributed by atoms with Crippen LogP contribution in [0, 0.1) is 5.92 Å². The Kier molecular flexibility index (Phi) is 2.59. The summed E-state index contributed by atoms with van der Waals surface area (Å²) in [4.78, 5) is 9.04. The summed E-state index contributed by atoms with van der Waals surface area (Å²) < 4.78 is 2.14. The zero-order valence-electron chi connectivity index (χ0n) is 9.39. The van der Waals surface area contributed by atoms with Crippen molar-refractivity contribution >= 4 is 22.9 Å². The number of rotatable bonds is 2. The zero-order valence-corrected chi connectivity index (χ0v) is 10.2. The maximum atomic E-state index is 4.67. The van der Waals surface area contributed by atoms with E-state index in [0.29, 0.717) is 0 Å². The number of aromatic nitrogens is 3. The van der Waals surface area contributed by atoms with Gasteiger partial charge in [0.05, 0.1) is 0 Å². The van der Waals surface area contributed by atoms with Crippen LogP contribution in [-0.4, -0.2) is 26.0 Å². The van der Waals surface area contributed by atoms with Gasteiger partial charge >= 0.3 is 0 Å². The van der Waals surface area contributed by atoms with Crippen molar-refractivity contribution < 1.29 is 0 Å². The fraction of sp³-hybridized carbons (Fsp3) is 0.500. The van der Waals surface area contributed by atoms with E-state index in [-0.39, 0.29) is 0 Å². The molecule has 16 heavy (non-hydrogen) atoms. The average Bonchev–Trinajstić information content (AvgIpc) is 2.90. The molecule has 0 radical (unpaired) electrons. The molecule has 84 valence electrons. The van der Waals surface area contributed by atoms with E-state index in [1.54, 1.807) is 0 Å². The van der Waals surface area contributed by atoms with Gasteiger partial charge in [-0.3, -0.25) is 0 Å². The fourth-order valence-corrected chi connectivity index (χ4v) is 3.54. The van der Waals surface area contributed by atoms with E-state index in [0.717, 1.165) is 23.5 Å².